The molecule has 106 valence electrons. The molecule has 0 aromatic heterocycles. The highest BCUT2D eigenvalue weighted by molar-refractivity contribution is 5.39. The van der Waals surface area contributed by atoms with Crippen molar-refractivity contribution in [3.63, 3.8) is 0 Å². The van der Waals surface area contributed by atoms with Gasteiger partial charge < -0.3 is 5.73 Å². The van der Waals surface area contributed by atoms with Gasteiger partial charge in [0.25, 0.3) is 0 Å². The van der Waals surface area contributed by atoms with Gasteiger partial charge in [-0.1, -0.05) is 44.2 Å². The van der Waals surface area contributed by atoms with Crippen LogP contribution in [0.4, 0.5) is 4.39 Å². The first-order valence-corrected chi connectivity index (χ1v) is 7.20. The Morgan fingerprint density at radius 2 is 1.70 bits per heavy atom. The monoisotopic (exact) mass is 271 g/mol. The minimum Gasteiger partial charge on any atom is -0.320 e. The maximum Gasteiger partial charge on any atom is 0.128 e. The van der Waals surface area contributed by atoms with E-state index in [2.05, 4.69) is 26.0 Å². The van der Waals surface area contributed by atoms with Crippen molar-refractivity contribution in [1.29, 1.82) is 0 Å². The van der Waals surface area contributed by atoms with E-state index in [9.17, 15) is 4.39 Å². The number of hydrogen-bond donors (Lipinski definition) is 1. The van der Waals surface area contributed by atoms with Crippen LogP contribution >= 0.6 is 0 Å². The lowest BCUT2D eigenvalue weighted by Gasteiger charge is -2.16. The first-order valence-electron chi connectivity index (χ1n) is 7.20. The first kappa shape index (κ1) is 14.7. The molecule has 20 heavy (non-hydrogen) atoms. The second-order valence-corrected chi connectivity index (χ2v) is 5.24. The summed E-state index contributed by atoms with van der Waals surface area (Å²) in [4.78, 5) is 0. The fourth-order valence-corrected chi connectivity index (χ4v) is 2.58. The molecule has 0 fully saturated rings. The molecule has 1 unspecified atom stereocenters. The van der Waals surface area contributed by atoms with Crippen LogP contribution < -0.4 is 5.73 Å². The van der Waals surface area contributed by atoms with Crippen molar-refractivity contribution < 1.29 is 4.39 Å². The molecule has 2 N–H and O–H groups in total. The summed E-state index contributed by atoms with van der Waals surface area (Å²) in [5.74, 6) is -0.227. The molecule has 1 atom stereocenters. The third-order valence-corrected chi connectivity index (χ3v) is 3.84. The zero-order chi connectivity index (χ0) is 14.7. The Morgan fingerprint density at radius 1 is 1.00 bits per heavy atom. The maximum absolute atomic E-state index is 14.0. The van der Waals surface area contributed by atoms with Crippen molar-refractivity contribution in [2.24, 2.45) is 5.73 Å². The van der Waals surface area contributed by atoms with E-state index in [-0.39, 0.29) is 5.82 Å². The van der Waals surface area contributed by atoms with E-state index in [4.69, 9.17) is 5.73 Å². The summed E-state index contributed by atoms with van der Waals surface area (Å²) in [6.45, 7) is 6.16. The van der Waals surface area contributed by atoms with Gasteiger partial charge >= 0.3 is 0 Å². The third-order valence-electron chi connectivity index (χ3n) is 3.84. The molecule has 0 bridgehead atoms. The molecule has 0 amide bonds. The van der Waals surface area contributed by atoms with Crippen LogP contribution in [0.1, 0.15) is 47.7 Å². The number of nitrogens with two attached hydrogens (primary N) is 1. The van der Waals surface area contributed by atoms with E-state index in [0.717, 1.165) is 24.0 Å². The van der Waals surface area contributed by atoms with Crippen LogP contribution in [0.25, 0.3) is 0 Å². The van der Waals surface area contributed by atoms with Crippen LogP contribution in [0.3, 0.4) is 0 Å². The largest absolute Gasteiger partial charge is 0.320 e. The lowest BCUT2D eigenvalue weighted by molar-refractivity contribution is 0.598. The molecule has 2 heteroatoms. The third kappa shape index (κ3) is 2.91. The van der Waals surface area contributed by atoms with Gasteiger partial charge in [-0.3, -0.25) is 0 Å². The summed E-state index contributed by atoms with van der Waals surface area (Å²) in [6, 6.07) is 11.1. The fourth-order valence-electron chi connectivity index (χ4n) is 2.58. The molecule has 0 saturated carbocycles. The van der Waals surface area contributed by atoms with Crippen LogP contribution in [0, 0.1) is 12.7 Å². The Kier molecular flexibility index (Phi) is 4.56. The van der Waals surface area contributed by atoms with Crippen molar-refractivity contribution in [3.05, 3.63) is 70.0 Å². The predicted octanol–water partition coefficient (Wildman–Crippen LogP) is 4.31. The average molecular weight is 271 g/mol. The molecule has 2 rings (SSSR count). The Labute approximate surface area is 120 Å². The molecule has 2 aromatic rings. The van der Waals surface area contributed by atoms with Crippen molar-refractivity contribution in [3.8, 4) is 0 Å². The zero-order valence-corrected chi connectivity index (χ0v) is 12.4. The lowest BCUT2D eigenvalue weighted by Crippen LogP contribution is -2.14. The van der Waals surface area contributed by atoms with E-state index < -0.39 is 6.04 Å². The topological polar surface area (TPSA) is 26.0 Å². The van der Waals surface area contributed by atoms with E-state index >= 15 is 0 Å². The summed E-state index contributed by atoms with van der Waals surface area (Å²) in [6.07, 6.45) is 1.98. The maximum atomic E-state index is 14.0. The van der Waals surface area contributed by atoms with Crippen LogP contribution in [-0.2, 0) is 12.8 Å². The quantitative estimate of drug-likeness (QED) is 0.881. The summed E-state index contributed by atoms with van der Waals surface area (Å²) in [5, 5.41) is 0. The lowest BCUT2D eigenvalue weighted by atomic mass is 9.93. The summed E-state index contributed by atoms with van der Waals surface area (Å²) in [5.41, 5.74) is 11.3. The Bertz CT molecular complexity index is 604. The first-order chi connectivity index (χ1) is 9.56. The highest BCUT2D eigenvalue weighted by Gasteiger charge is 2.14. The molecule has 2 aromatic carbocycles. The minimum atomic E-state index is -0.410. The smallest absolute Gasteiger partial charge is 0.128 e. The van der Waals surface area contributed by atoms with Crippen LogP contribution in [0.2, 0.25) is 0 Å². The van der Waals surface area contributed by atoms with Crippen LogP contribution in [0.15, 0.2) is 36.4 Å². The van der Waals surface area contributed by atoms with Gasteiger partial charge in [0.15, 0.2) is 0 Å². The summed E-state index contributed by atoms with van der Waals surface area (Å²) in [7, 11) is 0. The van der Waals surface area contributed by atoms with Crippen molar-refractivity contribution in [1.82, 2.24) is 0 Å². The van der Waals surface area contributed by atoms with Crippen LogP contribution in [0.5, 0.6) is 0 Å². The van der Waals surface area contributed by atoms with Crippen molar-refractivity contribution in [2.45, 2.75) is 39.7 Å². The van der Waals surface area contributed by atoms with Gasteiger partial charge in [-0.05, 0) is 48.1 Å². The molecular formula is C18H22FN. The van der Waals surface area contributed by atoms with Gasteiger partial charge in [0.05, 0.1) is 6.04 Å². The summed E-state index contributed by atoms with van der Waals surface area (Å²) < 4.78 is 14.0. The number of hydrogen-bond acceptors (Lipinski definition) is 1. The highest BCUT2D eigenvalue weighted by atomic mass is 19.1. The molecule has 0 aliphatic heterocycles. The normalized spacial score (nSPS) is 12.4. The van der Waals surface area contributed by atoms with Crippen molar-refractivity contribution in [2.75, 3.05) is 0 Å². The Balaban J connectivity index is 2.40. The second kappa shape index (κ2) is 6.19. The average Bonchev–Trinajstić information content (AvgIpc) is 2.45. The van der Waals surface area contributed by atoms with Gasteiger partial charge in [-0.2, -0.15) is 0 Å². The Morgan fingerprint density at radius 3 is 2.30 bits per heavy atom. The standard InChI is InChI=1S/C18H22FN/c1-4-13-7-8-15(11-14(13)5-2)18(20)16-9-6-12(3)10-17(16)19/h6-11,18H,4-5,20H2,1-3H3. The fraction of sp³-hybridized carbons (Fsp3) is 0.333. The molecule has 0 spiro atoms. The molecule has 0 aliphatic carbocycles. The van der Waals surface area contributed by atoms with Crippen molar-refractivity contribution >= 4 is 0 Å². The molecule has 0 saturated heterocycles. The predicted molar refractivity (Wildman–Crippen MR) is 82.4 cm³/mol. The Hall–Kier alpha value is -1.67. The van der Waals surface area contributed by atoms with Gasteiger partial charge in [0.2, 0.25) is 0 Å². The SMILES string of the molecule is CCc1ccc(C(N)c2ccc(C)cc2F)cc1CC. The van der Waals surface area contributed by atoms with Gasteiger partial charge in [-0.15, -0.1) is 0 Å². The number of rotatable bonds is 4. The zero-order valence-electron chi connectivity index (χ0n) is 12.4. The summed E-state index contributed by atoms with van der Waals surface area (Å²) >= 11 is 0. The van der Waals surface area contributed by atoms with Gasteiger partial charge in [0, 0.05) is 5.56 Å². The van der Waals surface area contributed by atoms with Gasteiger partial charge in [0.1, 0.15) is 5.82 Å². The molecular weight excluding hydrogens is 249 g/mol. The molecule has 0 radical (unpaired) electrons. The number of halogens is 1. The van der Waals surface area contributed by atoms with E-state index in [0.29, 0.717) is 5.56 Å². The molecule has 0 heterocycles. The van der Waals surface area contributed by atoms with E-state index in [1.807, 2.05) is 19.1 Å². The van der Waals surface area contributed by atoms with E-state index in [1.165, 1.54) is 17.2 Å². The molecule has 1 nitrogen and oxygen atoms in total. The van der Waals surface area contributed by atoms with Gasteiger partial charge in [-0.25, -0.2) is 4.39 Å². The number of benzene rings is 2. The second-order valence-electron chi connectivity index (χ2n) is 5.24. The molecule has 0 aliphatic rings. The van der Waals surface area contributed by atoms with Crippen LogP contribution in [-0.4, -0.2) is 0 Å². The highest BCUT2D eigenvalue weighted by Crippen LogP contribution is 2.25. The minimum absolute atomic E-state index is 0.227. The van der Waals surface area contributed by atoms with E-state index in [1.54, 1.807) is 6.07 Å². The number of aryl methyl sites for hydroxylation is 3.